The van der Waals surface area contributed by atoms with Gasteiger partial charge in [0.15, 0.2) is 0 Å². The maximum absolute atomic E-state index is 12.1. The van der Waals surface area contributed by atoms with Crippen LogP contribution in [0, 0.1) is 0 Å². The Morgan fingerprint density at radius 3 is 2.23 bits per heavy atom. The minimum atomic E-state index is -3.51. The van der Waals surface area contributed by atoms with Crippen molar-refractivity contribution in [2.24, 2.45) is 5.73 Å². The van der Waals surface area contributed by atoms with Crippen molar-refractivity contribution in [3.8, 4) is 0 Å². The van der Waals surface area contributed by atoms with Gasteiger partial charge in [0, 0.05) is 6.16 Å². The van der Waals surface area contributed by atoms with Crippen molar-refractivity contribution in [3.05, 3.63) is 35.4 Å². The number of carbonyl (C=O) groups excluding carboxylic acids is 2. The van der Waals surface area contributed by atoms with Gasteiger partial charge in [0.1, 0.15) is 0 Å². The topological polar surface area (TPSA) is 121 Å². The molecule has 0 aromatic heterocycles. The van der Waals surface area contributed by atoms with Gasteiger partial charge in [-0.25, -0.2) is 0 Å². The van der Waals surface area contributed by atoms with E-state index in [0.29, 0.717) is 13.0 Å². The van der Waals surface area contributed by atoms with E-state index in [0.717, 1.165) is 4.90 Å². The number of amides is 2. The molecule has 1 heterocycles. The standard InChI is InChI=1S/C14H19N2O5P/c15-6-3-7-22(20,21)9-10(17)8-16-13(18)11-4-1-2-5-12(11)14(16)19/h1-2,4-5,10,17H,3,6-9,15H2,(H,20,21)/t10-/m1/s1. The van der Waals surface area contributed by atoms with Crippen LogP contribution in [0.1, 0.15) is 27.1 Å². The predicted molar refractivity (Wildman–Crippen MR) is 81.0 cm³/mol. The molecule has 120 valence electrons. The summed E-state index contributed by atoms with van der Waals surface area (Å²) in [5.74, 6) is -0.983. The summed E-state index contributed by atoms with van der Waals surface area (Å²) in [5.41, 5.74) is 5.87. The van der Waals surface area contributed by atoms with Crippen molar-refractivity contribution in [2.75, 3.05) is 25.4 Å². The Labute approximate surface area is 128 Å². The molecule has 0 saturated heterocycles. The smallest absolute Gasteiger partial charge is 0.261 e. The van der Waals surface area contributed by atoms with Crippen LogP contribution in [0.25, 0.3) is 0 Å². The van der Waals surface area contributed by atoms with Crippen LogP contribution >= 0.6 is 7.37 Å². The van der Waals surface area contributed by atoms with E-state index in [9.17, 15) is 24.2 Å². The van der Waals surface area contributed by atoms with Crippen LogP contribution in [0.5, 0.6) is 0 Å². The summed E-state index contributed by atoms with van der Waals surface area (Å²) in [7, 11) is -3.51. The number of fused-ring (bicyclic) bond motifs is 1. The first-order chi connectivity index (χ1) is 10.4. The molecule has 2 atom stereocenters. The Morgan fingerprint density at radius 1 is 1.18 bits per heavy atom. The Morgan fingerprint density at radius 2 is 1.73 bits per heavy atom. The number of imide groups is 1. The molecule has 1 aliphatic rings. The van der Waals surface area contributed by atoms with Crippen LogP contribution < -0.4 is 5.73 Å². The average molecular weight is 326 g/mol. The molecule has 22 heavy (non-hydrogen) atoms. The molecule has 7 nitrogen and oxygen atoms in total. The average Bonchev–Trinajstić information content (AvgIpc) is 2.70. The van der Waals surface area contributed by atoms with Crippen LogP contribution in [0.2, 0.25) is 0 Å². The normalized spacial score (nSPS) is 18.2. The summed E-state index contributed by atoms with van der Waals surface area (Å²) in [5, 5.41) is 9.95. The lowest BCUT2D eigenvalue weighted by Gasteiger charge is -2.20. The lowest BCUT2D eigenvalue weighted by atomic mass is 10.1. The van der Waals surface area contributed by atoms with E-state index < -0.39 is 25.3 Å². The molecule has 0 aliphatic carbocycles. The summed E-state index contributed by atoms with van der Waals surface area (Å²) < 4.78 is 11.9. The molecule has 1 aromatic carbocycles. The number of nitrogens with two attached hydrogens (primary N) is 1. The van der Waals surface area contributed by atoms with Gasteiger partial charge in [-0.3, -0.25) is 19.1 Å². The van der Waals surface area contributed by atoms with E-state index in [4.69, 9.17) is 5.73 Å². The molecule has 2 rings (SSSR count). The molecule has 2 amide bonds. The number of β-amino-alcohol motifs (C(OH)–C–C–N with tert-alkyl or cyclic N) is 1. The molecule has 8 heteroatoms. The number of hydrogen-bond acceptors (Lipinski definition) is 5. The summed E-state index contributed by atoms with van der Waals surface area (Å²) in [6.45, 7) is -0.00142. The fraction of sp³-hybridized carbons (Fsp3) is 0.429. The minimum absolute atomic E-state index is 0.0165. The van der Waals surface area contributed by atoms with Crippen molar-refractivity contribution in [1.82, 2.24) is 4.90 Å². The molecule has 1 unspecified atom stereocenters. The van der Waals surface area contributed by atoms with Crippen LogP contribution in [0.3, 0.4) is 0 Å². The predicted octanol–water partition coefficient (Wildman–Crippen LogP) is 0.263. The number of aliphatic hydroxyl groups is 1. The van der Waals surface area contributed by atoms with Crippen LogP contribution in [0.15, 0.2) is 24.3 Å². The fourth-order valence-corrected chi connectivity index (χ4v) is 4.07. The number of aliphatic hydroxyl groups excluding tert-OH is 1. The highest BCUT2D eigenvalue weighted by Crippen LogP contribution is 2.41. The summed E-state index contributed by atoms with van der Waals surface area (Å²) in [6.07, 6.45) is -1.20. The quantitative estimate of drug-likeness (QED) is 0.488. The molecule has 0 spiro atoms. The Balaban J connectivity index is 2.02. The third-order valence-electron chi connectivity index (χ3n) is 3.48. The highest BCUT2D eigenvalue weighted by molar-refractivity contribution is 7.58. The van der Waals surface area contributed by atoms with Crippen LogP contribution in [0.4, 0.5) is 0 Å². The van der Waals surface area contributed by atoms with Gasteiger partial charge in [-0.2, -0.15) is 0 Å². The zero-order valence-electron chi connectivity index (χ0n) is 12.0. The van der Waals surface area contributed by atoms with Crippen molar-refractivity contribution >= 4 is 19.2 Å². The second-order valence-electron chi connectivity index (χ2n) is 5.32. The fourth-order valence-electron chi connectivity index (χ4n) is 2.43. The van der Waals surface area contributed by atoms with Gasteiger partial charge in [-0.05, 0) is 25.1 Å². The van der Waals surface area contributed by atoms with Gasteiger partial charge in [0.2, 0.25) is 7.37 Å². The lowest BCUT2D eigenvalue weighted by molar-refractivity contribution is 0.0563. The van der Waals surface area contributed by atoms with Gasteiger partial charge in [0.25, 0.3) is 11.8 Å². The summed E-state index contributed by atoms with van der Waals surface area (Å²) >= 11 is 0. The molecule has 0 fully saturated rings. The van der Waals surface area contributed by atoms with E-state index in [-0.39, 0.29) is 30.0 Å². The molecule has 1 aromatic rings. The van der Waals surface area contributed by atoms with Gasteiger partial charge in [-0.15, -0.1) is 0 Å². The van der Waals surface area contributed by atoms with E-state index in [1.807, 2.05) is 0 Å². The second-order valence-corrected chi connectivity index (χ2v) is 7.82. The second kappa shape index (κ2) is 6.71. The van der Waals surface area contributed by atoms with Crippen molar-refractivity contribution in [1.29, 1.82) is 0 Å². The maximum Gasteiger partial charge on any atom is 0.261 e. The molecular formula is C14H19N2O5P. The first-order valence-electron chi connectivity index (χ1n) is 7.00. The third-order valence-corrected chi connectivity index (χ3v) is 5.49. The van der Waals surface area contributed by atoms with Gasteiger partial charge in [0.05, 0.1) is 29.9 Å². The monoisotopic (exact) mass is 326 g/mol. The number of carbonyl (C=O) groups is 2. The SMILES string of the molecule is NCCCP(=O)(O)C[C@H](O)CN1C(=O)c2ccccc2C1=O. The number of hydrogen-bond donors (Lipinski definition) is 3. The lowest BCUT2D eigenvalue weighted by Crippen LogP contribution is -2.38. The minimum Gasteiger partial charge on any atom is -0.391 e. The number of nitrogens with zero attached hydrogens (tertiary/aromatic N) is 1. The van der Waals surface area contributed by atoms with Crippen LogP contribution in [-0.4, -0.2) is 58.2 Å². The van der Waals surface area contributed by atoms with Gasteiger partial charge in [-0.1, -0.05) is 12.1 Å². The summed E-state index contributed by atoms with van der Waals surface area (Å²) in [6, 6.07) is 6.39. The maximum atomic E-state index is 12.1. The largest absolute Gasteiger partial charge is 0.391 e. The first kappa shape index (κ1) is 16.8. The van der Waals surface area contributed by atoms with Crippen molar-refractivity contribution in [2.45, 2.75) is 12.5 Å². The highest BCUT2D eigenvalue weighted by Gasteiger charge is 2.37. The Hall–Kier alpha value is -1.53. The molecule has 4 N–H and O–H groups in total. The number of benzene rings is 1. The zero-order chi connectivity index (χ0) is 16.3. The number of rotatable bonds is 7. The van der Waals surface area contributed by atoms with E-state index in [2.05, 4.69) is 0 Å². The molecular weight excluding hydrogens is 307 g/mol. The van der Waals surface area contributed by atoms with E-state index in [1.165, 1.54) is 0 Å². The van der Waals surface area contributed by atoms with E-state index in [1.54, 1.807) is 24.3 Å². The van der Waals surface area contributed by atoms with Gasteiger partial charge >= 0.3 is 0 Å². The molecule has 0 saturated carbocycles. The highest BCUT2D eigenvalue weighted by atomic mass is 31.2. The molecule has 0 radical (unpaired) electrons. The Kier molecular flexibility index (Phi) is 5.13. The van der Waals surface area contributed by atoms with E-state index >= 15 is 0 Å². The zero-order valence-corrected chi connectivity index (χ0v) is 12.9. The summed E-state index contributed by atoms with van der Waals surface area (Å²) in [4.78, 5) is 34.9. The Bertz CT molecular complexity index is 598. The van der Waals surface area contributed by atoms with Gasteiger partial charge < -0.3 is 15.7 Å². The third kappa shape index (κ3) is 3.62. The first-order valence-corrected chi connectivity index (χ1v) is 9.03. The molecule has 0 bridgehead atoms. The van der Waals surface area contributed by atoms with Crippen LogP contribution in [-0.2, 0) is 4.57 Å². The van der Waals surface area contributed by atoms with Crippen molar-refractivity contribution in [3.63, 3.8) is 0 Å². The molecule has 1 aliphatic heterocycles. The van der Waals surface area contributed by atoms with Crippen molar-refractivity contribution < 1.29 is 24.2 Å².